The number of rotatable bonds is 3. The lowest BCUT2D eigenvalue weighted by Crippen LogP contribution is -2.48. The molecule has 0 aromatic carbocycles. The van der Waals surface area contributed by atoms with Crippen molar-refractivity contribution in [2.45, 2.75) is 39.3 Å². The summed E-state index contributed by atoms with van der Waals surface area (Å²) >= 11 is 0. The van der Waals surface area contributed by atoms with Gasteiger partial charge in [0.2, 0.25) is 0 Å². The normalized spacial score (nSPS) is 25.0. The van der Waals surface area contributed by atoms with Gasteiger partial charge in [0.05, 0.1) is 5.69 Å². The van der Waals surface area contributed by atoms with Crippen molar-refractivity contribution in [3.63, 3.8) is 0 Å². The summed E-state index contributed by atoms with van der Waals surface area (Å²) in [5.74, 6) is -0.504. The zero-order chi connectivity index (χ0) is 13.1. The minimum atomic E-state index is -0.713. The lowest BCUT2D eigenvalue weighted by Gasteiger charge is -2.37. The topological polar surface area (TPSA) is 53.4 Å². The number of hydrogen-bond donors (Lipinski definition) is 1. The van der Waals surface area contributed by atoms with Crippen molar-refractivity contribution < 1.29 is 9.90 Å². The molecule has 0 saturated carbocycles. The van der Waals surface area contributed by atoms with Gasteiger partial charge in [0.1, 0.15) is 6.04 Å². The fourth-order valence-electron chi connectivity index (χ4n) is 2.75. The number of carboxylic acids is 1. The van der Waals surface area contributed by atoms with Crippen LogP contribution in [-0.4, -0.2) is 33.5 Å². The molecule has 0 bridgehead atoms. The first-order valence-electron chi connectivity index (χ1n) is 6.47. The molecule has 18 heavy (non-hydrogen) atoms. The first-order chi connectivity index (χ1) is 8.58. The maximum Gasteiger partial charge on any atom is 0.321 e. The highest BCUT2D eigenvalue weighted by Gasteiger charge is 2.34. The second-order valence-electron chi connectivity index (χ2n) is 5.14. The van der Waals surface area contributed by atoms with Crippen LogP contribution in [0.1, 0.15) is 31.2 Å². The Hall–Kier alpha value is -1.42. The predicted octanol–water partition coefficient (Wildman–Crippen LogP) is 2.08. The lowest BCUT2D eigenvalue weighted by molar-refractivity contribution is -0.147. The van der Waals surface area contributed by atoms with Crippen molar-refractivity contribution >= 4 is 5.97 Å². The number of pyridine rings is 1. The second-order valence-corrected chi connectivity index (χ2v) is 5.14. The van der Waals surface area contributed by atoms with Gasteiger partial charge in [-0.2, -0.15) is 0 Å². The molecule has 0 radical (unpaired) electrons. The molecule has 1 aliphatic rings. The summed E-state index contributed by atoms with van der Waals surface area (Å²) in [6, 6.07) is 5.52. The molecule has 2 heterocycles. The third kappa shape index (κ3) is 2.88. The Balaban J connectivity index is 2.13. The molecule has 2 unspecified atom stereocenters. The van der Waals surface area contributed by atoms with Gasteiger partial charge in [-0.25, -0.2) is 0 Å². The van der Waals surface area contributed by atoms with E-state index in [4.69, 9.17) is 0 Å². The van der Waals surface area contributed by atoms with Gasteiger partial charge >= 0.3 is 5.97 Å². The Morgan fingerprint density at radius 3 is 3.00 bits per heavy atom. The van der Waals surface area contributed by atoms with Crippen LogP contribution in [0.4, 0.5) is 0 Å². The minimum absolute atomic E-state index is 0.209. The smallest absolute Gasteiger partial charge is 0.321 e. The van der Waals surface area contributed by atoms with Crippen molar-refractivity contribution in [3.8, 4) is 0 Å². The van der Waals surface area contributed by atoms with Gasteiger partial charge in [0.25, 0.3) is 0 Å². The first-order valence-corrected chi connectivity index (χ1v) is 6.47. The van der Waals surface area contributed by atoms with Crippen LogP contribution in [0.15, 0.2) is 18.2 Å². The third-order valence-corrected chi connectivity index (χ3v) is 3.60. The number of carboxylic acid groups (broad SMARTS) is 1. The van der Waals surface area contributed by atoms with Gasteiger partial charge in [-0.05, 0) is 44.4 Å². The Labute approximate surface area is 108 Å². The number of carbonyl (C=O) groups is 1. The Morgan fingerprint density at radius 1 is 1.56 bits per heavy atom. The van der Waals surface area contributed by atoms with Crippen LogP contribution in [0.25, 0.3) is 0 Å². The number of aryl methyl sites for hydroxylation is 1. The molecular formula is C14H20N2O2. The molecule has 1 aromatic rings. The Morgan fingerprint density at radius 2 is 2.33 bits per heavy atom. The van der Waals surface area contributed by atoms with E-state index in [9.17, 15) is 9.90 Å². The quantitative estimate of drug-likeness (QED) is 0.889. The van der Waals surface area contributed by atoms with Gasteiger partial charge in [0.15, 0.2) is 0 Å². The summed E-state index contributed by atoms with van der Waals surface area (Å²) in [4.78, 5) is 17.9. The van der Waals surface area contributed by atoms with Gasteiger partial charge in [-0.1, -0.05) is 13.0 Å². The number of aliphatic carboxylic acids is 1. The summed E-state index contributed by atoms with van der Waals surface area (Å²) in [6.45, 7) is 5.45. The van der Waals surface area contributed by atoms with E-state index in [1.807, 2.05) is 36.9 Å². The Bertz CT molecular complexity index is 434. The highest BCUT2D eigenvalue weighted by molar-refractivity contribution is 5.74. The second kappa shape index (κ2) is 5.48. The van der Waals surface area contributed by atoms with Crippen LogP contribution in [-0.2, 0) is 11.3 Å². The van der Waals surface area contributed by atoms with Crippen molar-refractivity contribution in [2.24, 2.45) is 5.92 Å². The molecule has 2 rings (SSSR count). The summed E-state index contributed by atoms with van der Waals surface area (Å²) in [6.07, 6.45) is 2.06. The lowest BCUT2D eigenvalue weighted by atomic mass is 9.90. The molecule has 1 aliphatic heterocycles. The maximum atomic E-state index is 11.4. The zero-order valence-corrected chi connectivity index (χ0v) is 11.0. The predicted molar refractivity (Wildman–Crippen MR) is 69.2 cm³/mol. The van der Waals surface area contributed by atoms with Gasteiger partial charge < -0.3 is 5.11 Å². The van der Waals surface area contributed by atoms with Gasteiger partial charge in [-0.3, -0.25) is 14.7 Å². The van der Waals surface area contributed by atoms with E-state index in [0.29, 0.717) is 6.54 Å². The van der Waals surface area contributed by atoms with E-state index in [0.717, 1.165) is 30.8 Å². The van der Waals surface area contributed by atoms with Crippen LogP contribution < -0.4 is 0 Å². The largest absolute Gasteiger partial charge is 0.480 e. The minimum Gasteiger partial charge on any atom is -0.480 e. The van der Waals surface area contributed by atoms with Crippen molar-refractivity contribution in [2.75, 3.05) is 6.54 Å². The van der Waals surface area contributed by atoms with Crippen LogP contribution in [0.3, 0.4) is 0 Å². The average molecular weight is 248 g/mol. The van der Waals surface area contributed by atoms with Crippen molar-refractivity contribution in [1.82, 2.24) is 9.88 Å². The Kier molecular flexibility index (Phi) is 3.97. The van der Waals surface area contributed by atoms with Gasteiger partial charge in [0, 0.05) is 12.2 Å². The fraction of sp³-hybridized carbons (Fsp3) is 0.571. The molecule has 0 aliphatic carbocycles. The van der Waals surface area contributed by atoms with Crippen LogP contribution in [0.5, 0.6) is 0 Å². The molecule has 4 heteroatoms. The summed E-state index contributed by atoms with van der Waals surface area (Å²) in [7, 11) is 0. The van der Waals surface area contributed by atoms with Crippen LogP contribution >= 0.6 is 0 Å². The molecule has 1 aromatic heterocycles. The van der Waals surface area contributed by atoms with Crippen molar-refractivity contribution in [1.29, 1.82) is 0 Å². The molecule has 1 fully saturated rings. The highest BCUT2D eigenvalue weighted by atomic mass is 16.4. The monoisotopic (exact) mass is 248 g/mol. The standard InChI is InChI=1S/C14H20N2O2/c1-10-5-4-8-16(13(10)14(17)18)9-12-7-3-6-11(2)15-12/h3,6-7,10,13H,4-5,8-9H2,1-2H3,(H,17,18). The number of hydrogen-bond acceptors (Lipinski definition) is 3. The molecular weight excluding hydrogens is 228 g/mol. The first kappa shape index (κ1) is 13.0. The molecule has 4 nitrogen and oxygen atoms in total. The molecule has 0 amide bonds. The molecule has 1 saturated heterocycles. The zero-order valence-electron chi connectivity index (χ0n) is 11.0. The van der Waals surface area contributed by atoms with E-state index in [-0.39, 0.29) is 12.0 Å². The highest BCUT2D eigenvalue weighted by Crippen LogP contribution is 2.24. The molecule has 1 N–H and O–H groups in total. The number of nitrogens with zero attached hydrogens (tertiary/aromatic N) is 2. The molecule has 2 atom stereocenters. The third-order valence-electron chi connectivity index (χ3n) is 3.60. The number of piperidine rings is 1. The number of aromatic nitrogens is 1. The number of likely N-dealkylation sites (tertiary alicyclic amines) is 1. The van der Waals surface area contributed by atoms with E-state index >= 15 is 0 Å². The summed E-state index contributed by atoms with van der Waals surface area (Å²) in [5.41, 5.74) is 1.93. The van der Waals surface area contributed by atoms with Crippen LogP contribution in [0, 0.1) is 12.8 Å². The summed E-state index contributed by atoms with van der Waals surface area (Å²) in [5, 5.41) is 9.35. The van der Waals surface area contributed by atoms with Crippen LogP contribution in [0.2, 0.25) is 0 Å². The average Bonchev–Trinajstić information content (AvgIpc) is 2.28. The van der Waals surface area contributed by atoms with E-state index in [1.54, 1.807) is 0 Å². The van der Waals surface area contributed by atoms with E-state index in [2.05, 4.69) is 4.98 Å². The van der Waals surface area contributed by atoms with E-state index < -0.39 is 5.97 Å². The van der Waals surface area contributed by atoms with Crippen molar-refractivity contribution in [3.05, 3.63) is 29.6 Å². The summed E-state index contributed by atoms with van der Waals surface area (Å²) < 4.78 is 0. The van der Waals surface area contributed by atoms with E-state index in [1.165, 1.54) is 0 Å². The molecule has 0 spiro atoms. The fourth-order valence-corrected chi connectivity index (χ4v) is 2.75. The SMILES string of the molecule is Cc1cccc(CN2CCCC(C)C2C(=O)O)n1. The maximum absolute atomic E-state index is 11.4. The molecule has 98 valence electrons. The van der Waals surface area contributed by atoms with Gasteiger partial charge in [-0.15, -0.1) is 0 Å².